The van der Waals surface area contributed by atoms with Crippen LogP contribution in [0.3, 0.4) is 0 Å². The quantitative estimate of drug-likeness (QED) is 0.605. The number of hydrogen-bond acceptors (Lipinski definition) is 6. The molecule has 1 aromatic carbocycles. The molecule has 0 saturated heterocycles. The van der Waals surface area contributed by atoms with Crippen molar-refractivity contribution >= 4 is 58.2 Å². The van der Waals surface area contributed by atoms with Crippen molar-refractivity contribution in [3.05, 3.63) is 56.5 Å². The number of amides is 1. The van der Waals surface area contributed by atoms with E-state index in [-0.39, 0.29) is 17.7 Å². The molecule has 0 bridgehead atoms. The first-order valence-corrected chi connectivity index (χ1v) is 9.39. The molecule has 0 radical (unpaired) electrons. The second-order valence-electron chi connectivity index (χ2n) is 4.67. The summed E-state index contributed by atoms with van der Waals surface area (Å²) < 4.78 is 6.12. The summed E-state index contributed by atoms with van der Waals surface area (Å²) in [5, 5.41) is 11.0. The number of aromatic nitrogens is 2. The van der Waals surface area contributed by atoms with Crippen molar-refractivity contribution in [2.75, 3.05) is 11.1 Å². The molecule has 3 rings (SSSR count). The van der Waals surface area contributed by atoms with Crippen molar-refractivity contribution in [2.45, 2.75) is 11.3 Å². The molecule has 2 aromatic heterocycles. The van der Waals surface area contributed by atoms with Gasteiger partial charge in [-0.2, -0.15) is 0 Å². The summed E-state index contributed by atoms with van der Waals surface area (Å²) in [7, 11) is 0. The van der Waals surface area contributed by atoms with Crippen LogP contribution in [0.2, 0.25) is 9.36 Å². The highest BCUT2D eigenvalue weighted by atomic mass is 35.5. The minimum absolute atomic E-state index is 0.0920. The van der Waals surface area contributed by atoms with Gasteiger partial charge in [0, 0.05) is 14.8 Å². The molecule has 0 aliphatic carbocycles. The molecule has 2 heterocycles. The van der Waals surface area contributed by atoms with E-state index in [1.807, 2.05) is 24.3 Å². The zero-order valence-corrected chi connectivity index (χ0v) is 15.3. The van der Waals surface area contributed by atoms with Crippen LogP contribution in [0.4, 0.5) is 6.01 Å². The third kappa shape index (κ3) is 4.98. The molecule has 3 aromatic rings. The monoisotopic (exact) mass is 399 g/mol. The highest BCUT2D eigenvalue weighted by molar-refractivity contribution is 8.00. The lowest BCUT2D eigenvalue weighted by Gasteiger charge is -2.01. The highest BCUT2D eigenvalue weighted by Gasteiger charge is 2.11. The maximum atomic E-state index is 11.9. The van der Waals surface area contributed by atoms with E-state index < -0.39 is 0 Å². The number of benzene rings is 1. The lowest BCUT2D eigenvalue weighted by Crippen LogP contribution is -2.14. The van der Waals surface area contributed by atoms with Crippen LogP contribution >= 0.6 is 46.3 Å². The Morgan fingerprint density at radius 1 is 1.17 bits per heavy atom. The number of thiophene rings is 1. The van der Waals surface area contributed by atoms with Crippen LogP contribution in [0.1, 0.15) is 10.8 Å². The molecular weight excluding hydrogens is 389 g/mol. The number of nitrogens with one attached hydrogen (secondary N) is 1. The summed E-state index contributed by atoms with van der Waals surface area (Å²) in [6.07, 6.45) is 0.486. The van der Waals surface area contributed by atoms with Gasteiger partial charge < -0.3 is 4.42 Å². The van der Waals surface area contributed by atoms with Crippen LogP contribution in [0.15, 0.2) is 45.7 Å². The van der Waals surface area contributed by atoms with Crippen molar-refractivity contribution in [3.8, 4) is 0 Å². The largest absolute Gasteiger partial charge is 0.407 e. The normalized spacial score (nSPS) is 10.8. The molecule has 0 aliphatic rings. The second kappa shape index (κ2) is 8.02. The molecule has 1 N–H and O–H groups in total. The smallest absolute Gasteiger partial charge is 0.322 e. The number of carbonyl (C=O) groups is 1. The Morgan fingerprint density at radius 2 is 1.96 bits per heavy atom. The zero-order chi connectivity index (χ0) is 16.9. The van der Waals surface area contributed by atoms with Gasteiger partial charge in [0.15, 0.2) is 0 Å². The topological polar surface area (TPSA) is 68.0 Å². The van der Waals surface area contributed by atoms with Crippen LogP contribution < -0.4 is 5.32 Å². The van der Waals surface area contributed by atoms with E-state index >= 15 is 0 Å². The lowest BCUT2D eigenvalue weighted by atomic mass is 10.3. The van der Waals surface area contributed by atoms with Crippen molar-refractivity contribution in [3.63, 3.8) is 0 Å². The molecule has 0 aliphatic heterocycles. The number of carbonyl (C=O) groups excluding carboxylic acids is 1. The van der Waals surface area contributed by atoms with Crippen LogP contribution in [0.5, 0.6) is 0 Å². The van der Waals surface area contributed by atoms with Crippen molar-refractivity contribution in [1.29, 1.82) is 0 Å². The van der Waals surface area contributed by atoms with E-state index in [2.05, 4.69) is 15.5 Å². The van der Waals surface area contributed by atoms with Gasteiger partial charge >= 0.3 is 6.01 Å². The number of hydrogen-bond donors (Lipinski definition) is 1. The van der Waals surface area contributed by atoms with Crippen molar-refractivity contribution in [2.24, 2.45) is 0 Å². The first-order chi connectivity index (χ1) is 11.6. The Bertz CT molecular complexity index is 833. The molecule has 0 unspecified atom stereocenters. The predicted molar refractivity (Wildman–Crippen MR) is 97.2 cm³/mol. The van der Waals surface area contributed by atoms with E-state index in [0.29, 0.717) is 21.7 Å². The summed E-state index contributed by atoms with van der Waals surface area (Å²) >= 11 is 14.5. The SMILES string of the molecule is O=C(CSc1ccc(Cl)cc1)Nc1nnc(Cc2ccc(Cl)s2)o1. The third-order valence-corrected chi connectivity index (χ3v) is 5.35. The Hall–Kier alpha value is -1.54. The van der Waals surface area contributed by atoms with Crippen molar-refractivity contribution < 1.29 is 9.21 Å². The van der Waals surface area contributed by atoms with E-state index in [1.54, 1.807) is 12.1 Å². The second-order valence-corrected chi connectivity index (χ2v) is 7.96. The molecule has 0 spiro atoms. The first kappa shape index (κ1) is 17.3. The van der Waals surface area contributed by atoms with E-state index in [9.17, 15) is 4.79 Å². The fourth-order valence-corrected chi connectivity index (χ4v) is 3.71. The number of anilines is 1. The Labute approximate surface area is 156 Å². The van der Waals surface area contributed by atoms with Gasteiger partial charge in [-0.1, -0.05) is 28.3 Å². The van der Waals surface area contributed by atoms with Crippen LogP contribution in [0.25, 0.3) is 0 Å². The molecule has 9 heteroatoms. The van der Waals surface area contributed by atoms with E-state index in [1.165, 1.54) is 23.1 Å². The van der Waals surface area contributed by atoms with Gasteiger partial charge in [-0.15, -0.1) is 28.2 Å². The summed E-state index contributed by atoms with van der Waals surface area (Å²) in [6, 6.07) is 11.1. The number of thioether (sulfide) groups is 1. The first-order valence-electron chi connectivity index (χ1n) is 6.83. The zero-order valence-electron chi connectivity index (χ0n) is 12.2. The van der Waals surface area contributed by atoms with Gasteiger partial charge in [-0.05, 0) is 36.4 Å². The molecule has 5 nitrogen and oxygen atoms in total. The van der Waals surface area contributed by atoms with Crippen LogP contribution in [-0.4, -0.2) is 21.9 Å². The molecule has 0 atom stereocenters. The average Bonchev–Trinajstić information content (AvgIpc) is 3.16. The fraction of sp³-hybridized carbons (Fsp3) is 0.133. The van der Waals surface area contributed by atoms with Crippen LogP contribution in [0, 0.1) is 0 Å². The molecular formula is C15H11Cl2N3O2S2. The number of nitrogens with zero attached hydrogens (tertiary/aromatic N) is 2. The average molecular weight is 400 g/mol. The highest BCUT2D eigenvalue weighted by Crippen LogP contribution is 2.24. The van der Waals surface area contributed by atoms with Gasteiger partial charge in [0.1, 0.15) is 0 Å². The summed E-state index contributed by atoms with van der Waals surface area (Å²) in [4.78, 5) is 13.9. The number of halogens is 2. The van der Waals surface area contributed by atoms with Gasteiger partial charge in [0.05, 0.1) is 16.5 Å². The summed E-state index contributed by atoms with van der Waals surface area (Å²) in [5.74, 6) is 0.443. The lowest BCUT2D eigenvalue weighted by molar-refractivity contribution is -0.113. The summed E-state index contributed by atoms with van der Waals surface area (Å²) in [6.45, 7) is 0. The maximum absolute atomic E-state index is 11.9. The Balaban J connectivity index is 1.50. The fourth-order valence-electron chi connectivity index (χ4n) is 1.81. The van der Waals surface area contributed by atoms with Gasteiger partial charge in [0.25, 0.3) is 0 Å². The molecule has 0 fully saturated rings. The van der Waals surface area contributed by atoms with E-state index in [4.69, 9.17) is 27.6 Å². The molecule has 1 amide bonds. The number of rotatable bonds is 6. The molecule has 124 valence electrons. The van der Waals surface area contributed by atoms with Gasteiger partial charge in [-0.3, -0.25) is 10.1 Å². The summed E-state index contributed by atoms with van der Waals surface area (Å²) in [5.41, 5.74) is 0. The minimum atomic E-state index is -0.218. The standard InChI is InChI=1S/C15H11Cl2N3O2S2/c16-9-1-3-10(4-2-9)23-8-13(21)18-15-20-19-14(22-15)7-11-5-6-12(17)24-11/h1-6H,7-8H2,(H,18,20,21). The predicted octanol–water partition coefficient (Wildman–Crippen LogP) is 4.76. The molecule has 0 saturated carbocycles. The Morgan fingerprint density at radius 3 is 2.67 bits per heavy atom. The maximum Gasteiger partial charge on any atom is 0.322 e. The van der Waals surface area contributed by atoms with Gasteiger partial charge in [0.2, 0.25) is 11.8 Å². The van der Waals surface area contributed by atoms with Crippen molar-refractivity contribution in [1.82, 2.24) is 10.2 Å². The van der Waals surface area contributed by atoms with Gasteiger partial charge in [-0.25, -0.2) is 0 Å². The third-order valence-electron chi connectivity index (χ3n) is 2.85. The minimum Gasteiger partial charge on any atom is -0.407 e. The van der Waals surface area contributed by atoms with Crippen LogP contribution in [-0.2, 0) is 11.2 Å². The van der Waals surface area contributed by atoms with E-state index in [0.717, 1.165) is 9.77 Å². The molecule has 24 heavy (non-hydrogen) atoms. The Kier molecular flexibility index (Phi) is 5.78.